The summed E-state index contributed by atoms with van der Waals surface area (Å²) in [5.74, 6) is 1.48. The van der Waals surface area contributed by atoms with Crippen LogP contribution in [0.2, 0.25) is 5.02 Å². The van der Waals surface area contributed by atoms with Gasteiger partial charge in [0, 0.05) is 15.5 Å². The summed E-state index contributed by atoms with van der Waals surface area (Å²) in [6.45, 7) is 2.70. The van der Waals surface area contributed by atoms with Gasteiger partial charge < -0.3 is 15.4 Å². The Kier molecular flexibility index (Phi) is 5.17. The van der Waals surface area contributed by atoms with Crippen molar-refractivity contribution in [3.8, 4) is 5.75 Å². The van der Waals surface area contributed by atoms with Crippen molar-refractivity contribution in [2.45, 2.75) is 39.0 Å². The first-order valence-corrected chi connectivity index (χ1v) is 11.5. The van der Waals surface area contributed by atoms with Crippen molar-refractivity contribution in [2.24, 2.45) is 5.92 Å². The standard InChI is InChI=1S/C24H23ClN2O2S/c1-14-6-11-18-20(12-14)30-24-21(18)23(28)26-22(27-24)15-7-9-17(10-8-15)29-13-16-4-2-3-5-19(16)25/h2-5,7-10,14,22,27H,6,11-13H2,1H3,(H,26,28)/t14-,22+/m0/s1. The third kappa shape index (κ3) is 3.68. The second kappa shape index (κ2) is 7.97. The van der Waals surface area contributed by atoms with E-state index in [4.69, 9.17) is 16.3 Å². The minimum atomic E-state index is -0.236. The third-order valence-electron chi connectivity index (χ3n) is 5.86. The minimum absolute atomic E-state index is 0.0276. The second-order valence-electron chi connectivity index (χ2n) is 8.06. The zero-order valence-corrected chi connectivity index (χ0v) is 18.3. The maximum absolute atomic E-state index is 12.9. The monoisotopic (exact) mass is 438 g/mol. The predicted molar refractivity (Wildman–Crippen MR) is 122 cm³/mol. The lowest BCUT2D eigenvalue weighted by molar-refractivity contribution is 0.0935. The number of hydrogen-bond acceptors (Lipinski definition) is 4. The molecule has 1 amide bonds. The molecule has 0 bridgehead atoms. The number of thiophene rings is 1. The van der Waals surface area contributed by atoms with E-state index >= 15 is 0 Å². The summed E-state index contributed by atoms with van der Waals surface area (Å²) in [4.78, 5) is 14.2. The number of benzene rings is 2. The van der Waals surface area contributed by atoms with Gasteiger partial charge in [-0.15, -0.1) is 11.3 Å². The van der Waals surface area contributed by atoms with Crippen molar-refractivity contribution in [3.63, 3.8) is 0 Å². The molecule has 154 valence electrons. The molecule has 3 aromatic rings. The maximum Gasteiger partial charge on any atom is 0.256 e. The number of rotatable bonds is 4. The van der Waals surface area contributed by atoms with E-state index in [-0.39, 0.29) is 12.1 Å². The van der Waals surface area contributed by atoms with Crippen LogP contribution in [-0.2, 0) is 19.4 Å². The Labute approximate surface area is 185 Å². The number of hydrogen-bond donors (Lipinski definition) is 2. The summed E-state index contributed by atoms with van der Waals surface area (Å²) in [7, 11) is 0. The molecule has 0 radical (unpaired) electrons. The molecule has 2 aliphatic rings. The fourth-order valence-corrected chi connectivity index (χ4v) is 5.79. The van der Waals surface area contributed by atoms with Gasteiger partial charge in [-0.05, 0) is 54.5 Å². The van der Waals surface area contributed by atoms with Crippen LogP contribution in [0.1, 0.15) is 51.4 Å². The second-order valence-corrected chi connectivity index (χ2v) is 9.57. The average Bonchev–Trinajstić information content (AvgIpc) is 3.11. The van der Waals surface area contributed by atoms with E-state index in [1.807, 2.05) is 48.5 Å². The summed E-state index contributed by atoms with van der Waals surface area (Å²) in [5.41, 5.74) is 4.06. The highest BCUT2D eigenvalue weighted by Gasteiger charge is 2.33. The smallest absolute Gasteiger partial charge is 0.256 e. The van der Waals surface area contributed by atoms with E-state index in [2.05, 4.69) is 17.6 Å². The van der Waals surface area contributed by atoms with E-state index in [1.165, 1.54) is 10.4 Å². The molecule has 6 heteroatoms. The van der Waals surface area contributed by atoms with Crippen LogP contribution in [0.4, 0.5) is 5.00 Å². The van der Waals surface area contributed by atoms with Crippen LogP contribution in [0.25, 0.3) is 0 Å². The number of halogens is 1. The van der Waals surface area contributed by atoms with Crippen LogP contribution in [-0.4, -0.2) is 5.91 Å². The Morgan fingerprint density at radius 1 is 1.13 bits per heavy atom. The van der Waals surface area contributed by atoms with Crippen LogP contribution < -0.4 is 15.4 Å². The van der Waals surface area contributed by atoms with Gasteiger partial charge in [0.25, 0.3) is 5.91 Å². The SMILES string of the molecule is C[C@H]1CCc2c(sc3c2C(=O)N[C@@H](c2ccc(OCc4ccccc4Cl)cc2)N3)C1. The first kappa shape index (κ1) is 19.5. The van der Waals surface area contributed by atoms with Crippen molar-refractivity contribution < 1.29 is 9.53 Å². The Balaban J connectivity index is 1.30. The molecule has 0 fully saturated rings. The lowest BCUT2D eigenvalue weighted by atomic mass is 9.88. The molecule has 1 aliphatic carbocycles. The fourth-order valence-electron chi connectivity index (χ4n) is 4.16. The number of nitrogens with one attached hydrogen (secondary N) is 2. The van der Waals surface area contributed by atoms with Crippen molar-refractivity contribution in [3.05, 3.63) is 80.7 Å². The molecule has 30 heavy (non-hydrogen) atoms. The Hall–Kier alpha value is -2.50. The highest BCUT2D eigenvalue weighted by molar-refractivity contribution is 7.16. The minimum Gasteiger partial charge on any atom is -0.489 e. The van der Waals surface area contributed by atoms with Gasteiger partial charge in [-0.25, -0.2) is 0 Å². The maximum atomic E-state index is 12.9. The van der Waals surface area contributed by atoms with E-state index in [9.17, 15) is 4.79 Å². The molecular formula is C24H23ClN2O2S. The molecule has 4 nitrogen and oxygen atoms in total. The zero-order valence-electron chi connectivity index (χ0n) is 16.7. The lowest BCUT2D eigenvalue weighted by Crippen LogP contribution is -2.38. The number of carbonyl (C=O) groups excluding carboxylic acids is 1. The molecular weight excluding hydrogens is 416 g/mol. The quantitative estimate of drug-likeness (QED) is 0.528. The van der Waals surface area contributed by atoms with E-state index < -0.39 is 0 Å². The third-order valence-corrected chi connectivity index (χ3v) is 7.41. The molecule has 0 saturated carbocycles. The highest BCUT2D eigenvalue weighted by atomic mass is 35.5. The number of ether oxygens (including phenoxy) is 1. The van der Waals surface area contributed by atoms with Gasteiger partial charge in [0.2, 0.25) is 0 Å². The van der Waals surface area contributed by atoms with Gasteiger partial charge in [0.1, 0.15) is 23.5 Å². The molecule has 2 atom stereocenters. The van der Waals surface area contributed by atoms with Gasteiger partial charge >= 0.3 is 0 Å². The molecule has 0 spiro atoms. The van der Waals surface area contributed by atoms with E-state index in [1.54, 1.807) is 11.3 Å². The van der Waals surface area contributed by atoms with Gasteiger partial charge in [-0.3, -0.25) is 4.79 Å². The number of anilines is 1. The Morgan fingerprint density at radius 3 is 2.73 bits per heavy atom. The Morgan fingerprint density at radius 2 is 1.93 bits per heavy atom. The highest BCUT2D eigenvalue weighted by Crippen LogP contribution is 2.42. The van der Waals surface area contributed by atoms with Gasteiger partial charge in [-0.2, -0.15) is 0 Å². The summed E-state index contributed by atoms with van der Waals surface area (Å²) in [5, 5.41) is 8.35. The number of fused-ring (bicyclic) bond motifs is 3. The van der Waals surface area contributed by atoms with E-state index in [0.717, 1.165) is 46.7 Å². The fraction of sp³-hybridized carbons (Fsp3) is 0.292. The first-order valence-electron chi connectivity index (χ1n) is 10.3. The average molecular weight is 439 g/mol. The molecule has 1 aromatic heterocycles. The van der Waals surface area contributed by atoms with Crippen molar-refractivity contribution in [1.29, 1.82) is 0 Å². The molecule has 2 heterocycles. The predicted octanol–water partition coefficient (Wildman–Crippen LogP) is 5.96. The molecule has 2 aromatic carbocycles. The zero-order chi connectivity index (χ0) is 20.7. The summed E-state index contributed by atoms with van der Waals surface area (Å²) in [6, 6.07) is 15.5. The van der Waals surface area contributed by atoms with Crippen LogP contribution in [0.5, 0.6) is 5.75 Å². The number of carbonyl (C=O) groups is 1. The van der Waals surface area contributed by atoms with Crippen molar-refractivity contribution in [2.75, 3.05) is 5.32 Å². The topological polar surface area (TPSA) is 50.4 Å². The van der Waals surface area contributed by atoms with Crippen LogP contribution in [0.3, 0.4) is 0 Å². The van der Waals surface area contributed by atoms with Gasteiger partial charge in [-0.1, -0.05) is 48.9 Å². The summed E-state index contributed by atoms with van der Waals surface area (Å²) >= 11 is 7.94. The molecule has 0 saturated heterocycles. The van der Waals surface area contributed by atoms with Crippen LogP contribution in [0.15, 0.2) is 48.5 Å². The molecule has 0 unspecified atom stereocenters. The lowest BCUT2D eigenvalue weighted by Gasteiger charge is -2.27. The summed E-state index contributed by atoms with van der Waals surface area (Å²) in [6.07, 6.45) is 2.99. The molecule has 1 aliphatic heterocycles. The van der Waals surface area contributed by atoms with Crippen molar-refractivity contribution >= 4 is 33.8 Å². The number of amides is 1. The van der Waals surface area contributed by atoms with Gasteiger partial charge in [0.05, 0.1) is 5.56 Å². The summed E-state index contributed by atoms with van der Waals surface area (Å²) < 4.78 is 5.87. The van der Waals surface area contributed by atoms with Crippen LogP contribution >= 0.6 is 22.9 Å². The normalized spacial score (nSPS) is 20.0. The van der Waals surface area contributed by atoms with Crippen LogP contribution in [0, 0.1) is 5.92 Å². The first-order chi connectivity index (χ1) is 14.6. The Bertz CT molecular complexity index is 1090. The van der Waals surface area contributed by atoms with Gasteiger partial charge in [0.15, 0.2) is 0 Å². The molecule has 5 rings (SSSR count). The largest absolute Gasteiger partial charge is 0.489 e. The molecule has 2 N–H and O–H groups in total. The van der Waals surface area contributed by atoms with Crippen molar-refractivity contribution in [1.82, 2.24) is 5.32 Å². The van der Waals surface area contributed by atoms with E-state index in [0.29, 0.717) is 17.5 Å².